The molecule has 0 aromatic heterocycles. The summed E-state index contributed by atoms with van der Waals surface area (Å²) in [5.74, 6) is 0. The van der Waals surface area contributed by atoms with Crippen molar-refractivity contribution in [2.75, 3.05) is 40.8 Å². The fourth-order valence-corrected chi connectivity index (χ4v) is 1.46. The molecule has 0 fully saturated rings. The Balaban J connectivity index is 3.85. The number of hydrogen-bond donors (Lipinski definition) is 1. The van der Waals surface area contributed by atoms with Crippen LogP contribution in [0.15, 0.2) is 0 Å². The largest absolute Gasteiger partial charge is 0.324 e. The summed E-state index contributed by atoms with van der Waals surface area (Å²) in [6.45, 7) is 7.52. The summed E-state index contributed by atoms with van der Waals surface area (Å²) >= 11 is 0. The molecule has 0 radical (unpaired) electrons. The first-order valence-corrected chi connectivity index (χ1v) is 5.55. The molecular weight excluding hydrogens is 174 g/mol. The zero-order valence-corrected chi connectivity index (χ0v) is 10.5. The average Bonchev–Trinajstić information content (AvgIpc) is 2.14. The normalized spacial score (nSPS) is 12.9. The molecule has 0 aliphatic rings. The molecule has 0 aromatic rings. The van der Waals surface area contributed by atoms with E-state index in [9.17, 15) is 0 Å². The van der Waals surface area contributed by atoms with E-state index in [2.05, 4.69) is 44.8 Å². The summed E-state index contributed by atoms with van der Waals surface area (Å²) in [6, 6.07) is 0. The van der Waals surface area contributed by atoms with Gasteiger partial charge in [0.05, 0.1) is 0 Å². The van der Waals surface area contributed by atoms with E-state index in [1.54, 1.807) is 0 Å². The molecular formula is C11H27N3. The molecule has 0 unspecified atom stereocenters. The Morgan fingerprint density at radius 2 is 1.50 bits per heavy atom. The highest BCUT2D eigenvalue weighted by atomic mass is 15.2. The van der Waals surface area contributed by atoms with E-state index < -0.39 is 0 Å². The molecule has 3 nitrogen and oxygen atoms in total. The van der Waals surface area contributed by atoms with Crippen LogP contribution in [0.3, 0.4) is 0 Å². The van der Waals surface area contributed by atoms with E-state index in [-0.39, 0.29) is 5.54 Å². The second kappa shape index (κ2) is 6.38. The van der Waals surface area contributed by atoms with E-state index in [1.165, 1.54) is 0 Å². The van der Waals surface area contributed by atoms with Gasteiger partial charge in [-0.25, -0.2) is 0 Å². The number of rotatable bonds is 7. The van der Waals surface area contributed by atoms with Crippen molar-refractivity contribution < 1.29 is 0 Å². The summed E-state index contributed by atoms with van der Waals surface area (Å²) in [4.78, 5) is 4.53. The number of hydrogen-bond acceptors (Lipinski definition) is 3. The second-order valence-electron chi connectivity index (χ2n) is 4.61. The highest BCUT2D eigenvalue weighted by Gasteiger charge is 2.21. The molecule has 0 heterocycles. The Kier molecular flexibility index (Phi) is 6.33. The van der Waals surface area contributed by atoms with Crippen molar-refractivity contribution >= 4 is 0 Å². The van der Waals surface area contributed by atoms with Crippen LogP contribution >= 0.6 is 0 Å². The lowest BCUT2D eigenvalue weighted by molar-refractivity contribution is 0.215. The van der Waals surface area contributed by atoms with Crippen LogP contribution in [0.5, 0.6) is 0 Å². The first-order valence-electron chi connectivity index (χ1n) is 5.55. The highest BCUT2D eigenvalue weighted by molar-refractivity contribution is 4.84. The quantitative estimate of drug-likeness (QED) is 0.667. The molecule has 3 heteroatoms. The van der Waals surface area contributed by atoms with Gasteiger partial charge in [0.15, 0.2) is 0 Å². The predicted molar refractivity (Wildman–Crippen MR) is 63.6 cm³/mol. The van der Waals surface area contributed by atoms with Gasteiger partial charge >= 0.3 is 0 Å². The maximum Gasteiger partial charge on any atom is 0.0278 e. The van der Waals surface area contributed by atoms with Gasteiger partial charge < -0.3 is 15.5 Å². The van der Waals surface area contributed by atoms with Crippen LogP contribution in [0.4, 0.5) is 0 Å². The molecule has 0 aliphatic carbocycles. The maximum atomic E-state index is 6.25. The SMILES string of the molecule is CCC(N)(CC)CN(C)CCN(C)C. The Morgan fingerprint density at radius 1 is 1.00 bits per heavy atom. The minimum absolute atomic E-state index is 0.00105. The van der Waals surface area contributed by atoms with Gasteiger partial charge in [-0.3, -0.25) is 0 Å². The van der Waals surface area contributed by atoms with E-state index >= 15 is 0 Å². The van der Waals surface area contributed by atoms with Crippen molar-refractivity contribution in [3.63, 3.8) is 0 Å². The minimum atomic E-state index is 0.00105. The van der Waals surface area contributed by atoms with Crippen LogP contribution < -0.4 is 5.73 Å². The molecule has 0 rings (SSSR count). The fourth-order valence-electron chi connectivity index (χ4n) is 1.46. The topological polar surface area (TPSA) is 32.5 Å². The molecule has 0 saturated heterocycles. The van der Waals surface area contributed by atoms with Crippen LogP contribution in [0, 0.1) is 0 Å². The van der Waals surface area contributed by atoms with Crippen LogP contribution in [0.1, 0.15) is 26.7 Å². The number of nitrogens with two attached hydrogens (primary N) is 1. The molecule has 0 aromatic carbocycles. The Hall–Kier alpha value is -0.120. The van der Waals surface area contributed by atoms with Crippen molar-refractivity contribution in [3.8, 4) is 0 Å². The summed E-state index contributed by atoms with van der Waals surface area (Å²) in [6.07, 6.45) is 2.10. The van der Waals surface area contributed by atoms with Gasteiger partial charge in [-0.05, 0) is 34.0 Å². The molecule has 2 N–H and O–H groups in total. The van der Waals surface area contributed by atoms with Crippen LogP contribution in [-0.4, -0.2) is 56.1 Å². The first-order chi connectivity index (χ1) is 6.43. The van der Waals surface area contributed by atoms with Gasteiger partial charge in [0.2, 0.25) is 0 Å². The van der Waals surface area contributed by atoms with E-state index in [1.807, 2.05) is 0 Å². The van der Waals surface area contributed by atoms with Gasteiger partial charge in [-0.15, -0.1) is 0 Å². The van der Waals surface area contributed by atoms with E-state index in [0.29, 0.717) is 0 Å². The first kappa shape index (κ1) is 13.9. The lowest BCUT2D eigenvalue weighted by atomic mass is 9.94. The van der Waals surface area contributed by atoms with Crippen molar-refractivity contribution in [2.24, 2.45) is 5.73 Å². The van der Waals surface area contributed by atoms with E-state index in [0.717, 1.165) is 32.5 Å². The smallest absolute Gasteiger partial charge is 0.0278 e. The summed E-state index contributed by atoms with van der Waals surface area (Å²) in [5.41, 5.74) is 6.25. The van der Waals surface area contributed by atoms with Gasteiger partial charge in [-0.1, -0.05) is 13.8 Å². The zero-order chi connectivity index (χ0) is 11.2. The molecule has 0 amide bonds. The summed E-state index contributed by atoms with van der Waals surface area (Å²) in [5, 5.41) is 0. The predicted octanol–water partition coefficient (Wildman–Crippen LogP) is 0.997. The third-order valence-electron chi connectivity index (χ3n) is 2.92. The molecule has 0 bridgehead atoms. The van der Waals surface area contributed by atoms with Crippen molar-refractivity contribution in [3.05, 3.63) is 0 Å². The Morgan fingerprint density at radius 3 is 1.86 bits per heavy atom. The lowest BCUT2D eigenvalue weighted by Gasteiger charge is -2.32. The standard InChI is InChI=1S/C11H27N3/c1-6-11(12,7-2)10-14(5)9-8-13(3)4/h6-10,12H2,1-5H3. The Labute approximate surface area is 89.2 Å². The van der Waals surface area contributed by atoms with Crippen molar-refractivity contribution in [1.82, 2.24) is 9.80 Å². The summed E-state index contributed by atoms with van der Waals surface area (Å²) < 4.78 is 0. The van der Waals surface area contributed by atoms with Crippen LogP contribution in [0.25, 0.3) is 0 Å². The van der Waals surface area contributed by atoms with Gasteiger partial charge in [-0.2, -0.15) is 0 Å². The molecule has 86 valence electrons. The maximum absolute atomic E-state index is 6.25. The van der Waals surface area contributed by atoms with Gasteiger partial charge in [0, 0.05) is 25.2 Å². The van der Waals surface area contributed by atoms with Crippen molar-refractivity contribution in [2.45, 2.75) is 32.2 Å². The molecule has 0 aliphatic heterocycles. The number of nitrogens with zero attached hydrogens (tertiary/aromatic N) is 2. The second-order valence-corrected chi connectivity index (χ2v) is 4.61. The fraction of sp³-hybridized carbons (Fsp3) is 1.00. The van der Waals surface area contributed by atoms with Crippen LogP contribution in [-0.2, 0) is 0 Å². The molecule has 14 heavy (non-hydrogen) atoms. The lowest BCUT2D eigenvalue weighted by Crippen LogP contribution is -2.49. The van der Waals surface area contributed by atoms with Crippen molar-refractivity contribution in [1.29, 1.82) is 0 Å². The molecule has 0 spiro atoms. The van der Waals surface area contributed by atoms with Gasteiger partial charge in [0.25, 0.3) is 0 Å². The number of likely N-dealkylation sites (N-methyl/N-ethyl adjacent to an activating group) is 2. The van der Waals surface area contributed by atoms with Crippen LogP contribution in [0.2, 0.25) is 0 Å². The third kappa shape index (κ3) is 5.58. The zero-order valence-electron chi connectivity index (χ0n) is 10.5. The summed E-state index contributed by atoms with van der Waals surface area (Å²) in [7, 11) is 6.35. The highest BCUT2D eigenvalue weighted by Crippen LogP contribution is 2.12. The average molecular weight is 201 g/mol. The van der Waals surface area contributed by atoms with Gasteiger partial charge in [0.1, 0.15) is 0 Å². The molecule has 0 atom stereocenters. The van der Waals surface area contributed by atoms with E-state index in [4.69, 9.17) is 5.73 Å². The minimum Gasteiger partial charge on any atom is -0.324 e. The molecule has 0 saturated carbocycles. The third-order valence-corrected chi connectivity index (χ3v) is 2.92. The Bertz CT molecular complexity index is 141. The monoisotopic (exact) mass is 201 g/mol.